The normalized spacial score (nSPS) is 26.3. The van der Waals surface area contributed by atoms with Crippen LogP contribution in [0.15, 0.2) is 30.3 Å². The Hall–Kier alpha value is -0.820. The van der Waals surface area contributed by atoms with E-state index in [9.17, 15) is 0 Å². The van der Waals surface area contributed by atoms with Gasteiger partial charge in [-0.1, -0.05) is 44.2 Å². The molecule has 0 amide bonds. The molecule has 1 nitrogen and oxygen atoms in total. The molecule has 0 aliphatic heterocycles. The van der Waals surface area contributed by atoms with Crippen LogP contribution in [-0.2, 0) is 6.42 Å². The van der Waals surface area contributed by atoms with E-state index in [1.54, 1.807) is 0 Å². The molecule has 82 valence electrons. The minimum atomic E-state index is 0.687. The number of hydrogen-bond donors (Lipinski definition) is 1. The standard InChI is InChI=1S/C14H21N/c1-3-15-14(13-9-11(13)2)10-12-7-5-4-6-8-12/h4-8,11,13-15H,3,9-10H2,1-2H3. The second-order valence-electron chi connectivity index (χ2n) is 4.73. The summed E-state index contributed by atoms with van der Waals surface area (Å²) >= 11 is 0. The highest BCUT2D eigenvalue weighted by molar-refractivity contribution is 5.17. The van der Waals surface area contributed by atoms with Gasteiger partial charge in [-0.3, -0.25) is 0 Å². The van der Waals surface area contributed by atoms with Gasteiger partial charge in [-0.15, -0.1) is 0 Å². The SMILES string of the molecule is CCNC(Cc1ccccc1)C1CC1C. The fraction of sp³-hybridized carbons (Fsp3) is 0.571. The van der Waals surface area contributed by atoms with Gasteiger partial charge in [0.1, 0.15) is 0 Å². The smallest absolute Gasteiger partial charge is 0.0138 e. The van der Waals surface area contributed by atoms with Crippen molar-refractivity contribution in [3.8, 4) is 0 Å². The Bertz CT molecular complexity index is 293. The zero-order chi connectivity index (χ0) is 10.7. The summed E-state index contributed by atoms with van der Waals surface area (Å²) in [4.78, 5) is 0. The molecule has 1 saturated carbocycles. The summed E-state index contributed by atoms with van der Waals surface area (Å²) < 4.78 is 0. The zero-order valence-electron chi connectivity index (χ0n) is 9.74. The monoisotopic (exact) mass is 203 g/mol. The molecule has 0 heterocycles. The molecule has 1 fully saturated rings. The van der Waals surface area contributed by atoms with Crippen molar-refractivity contribution in [1.82, 2.24) is 5.32 Å². The van der Waals surface area contributed by atoms with Crippen LogP contribution in [0, 0.1) is 11.8 Å². The third-order valence-corrected chi connectivity index (χ3v) is 3.45. The van der Waals surface area contributed by atoms with E-state index < -0.39 is 0 Å². The molecule has 1 aliphatic carbocycles. The summed E-state index contributed by atoms with van der Waals surface area (Å²) in [5, 5.41) is 3.62. The minimum Gasteiger partial charge on any atom is -0.314 e. The van der Waals surface area contributed by atoms with Crippen molar-refractivity contribution in [2.24, 2.45) is 11.8 Å². The summed E-state index contributed by atoms with van der Waals surface area (Å²) in [6, 6.07) is 11.5. The van der Waals surface area contributed by atoms with Gasteiger partial charge < -0.3 is 5.32 Å². The Morgan fingerprint density at radius 2 is 2.00 bits per heavy atom. The van der Waals surface area contributed by atoms with Gasteiger partial charge in [0.2, 0.25) is 0 Å². The van der Waals surface area contributed by atoms with E-state index in [1.807, 2.05) is 0 Å². The molecule has 1 heteroatoms. The molecule has 1 aromatic carbocycles. The number of hydrogen-bond acceptors (Lipinski definition) is 1. The summed E-state index contributed by atoms with van der Waals surface area (Å²) in [7, 11) is 0. The first kappa shape index (κ1) is 10.7. The van der Waals surface area contributed by atoms with E-state index in [0.717, 1.165) is 18.4 Å². The second-order valence-corrected chi connectivity index (χ2v) is 4.73. The number of benzene rings is 1. The molecule has 3 atom stereocenters. The second kappa shape index (κ2) is 4.80. The van der Waals surface area contributed by atoms with Crippen LogP contribution in [0.25, 0.3) is 0 Å². The van der Waals surface area contributed by atoms with Crippen LogP contribution < -0.4 is 5.32 Å². The summed E-state index contributed by atoms with van der Waals surface area (Å²) in [6.07, 6.45) is 2.59. The average molecular weight is 203 g/mol. The molecule has 0 saturated heterocycles. The first-order chi connectivity index (χ1) is 7.31. The number of likely N-dealkylation sites (N-methyl/N-ethyl adjacent to an activating group) is 1. The van der Waals surface area contributed by atoms with Gasteiger partial charge >= 0.3 is 0 Å². The van der Waals surface area contributed by atoms with E-state index in [0.29, 0.717) is 6.04 Å². The lowest BCUT2D eigenvalue weighted by Crippen LogP contribution is -2.33. The van der Waals surface area contributed by atoms with Gasteiger partial charge in [0.15, 0.2) is 0 Å². The van der Waals surface area contributed by atoms with Crippen molar-refractivity contribution in [1.29, 1.82) is 0 Å². The van der Waals surface area contributed by atoms with Gasteiger partial charge in [0.25, 0.3) is 0 Å². The lowest BCUT2D eigenvalue weighted by atomic mass is 10.0. The van der Waals surface area contributed by atoms with Crippen molar-refractivity contribution in [2.45, 2.75) is 32.7 Å². The Morgan fingerprint density at radius 3 is 2.53 bits per heavy atom. The number of rotatable bonds is 5. The first-order valence-corrected chi connectivity index (χ1v) is 6.08. The molecule has 0 spiro atoms. The highest BCUT2D eigenvalue weighted by atomic mass is 14.9. The van der Waals surface area contributed by atoms with Crippen LogP contribution in [-0.4, -0.2) is 12.6 Å². The van der Waals surface area contributed by atoms with Gasteiger partial charge in [-0.2, -0.15) is 0 Å². The third-order valence-electron chi connectivity index (χ3n) is 3.45. The number of nitrogens with one attached hydrogen (secondary N) is 1. The quantitative estimate of drug-likeness (QED) is 0.776. The van der Waals surface area contributed by atoms with Crippen LogP contribution in [0.5, 0.6) is 0 Å². The van der Waals surface area contributed by atoms with E-state index in [1.165, 1.54) is 18.4 Å². The summed E-state index contributed by atoms with van der Waals surface area (Å²) in [5.74, 6) is 1.84. The summed E-state index contributed by atoms with van der Waals surface area (Å²) in [6.45, 7) is 5.64. The molecule has 0 bridgehead atoms. The van der Waals surface area contributed by atoms with E-state index in [2.05, 4.69) is 49.5 Å². The lowest BCUT2D eigenvalue weighted by Gasteiger charge is -2.17. The first-order valence-electron chi connectivity index (χ1n) is 6.08. The van der Waals surface area contributed by atoms with Gasteiger partial charge in [-0.25, -0.2) is 0 Å². The average Bonchev–Trinajstić information content (AvgIpc) is 2.97. The van der Waals surface area contributed by atoms with Crippen LogP contribution in [0.3, 0.4) is 0 Å². The van der Waals surface area contributed by atoms with Crippen LogP contribution in [0.2, 0.25) is 0 Å². The summed E-state index contributed by atoms with van der Waals surface area (Å²) in [5.41, 5.74) is 1.46. The molecule has 3 unspecified atom stereocenters. The topological polar surface area (TPSA) is 12.0 Å². The fourth-order valence-electron chi connectivity index (χ4n) is 2.42. The molecular weight excluding hydrogens is 182 g/mol. The van der Waals surface area contributed by atoms with Crippen molar-refractivity contribution < 1.29 is 0 Å². The fourth-order valence-corrected chi connectivity index (χ4v) is 2.42. The predicted molar refractivity (Wildman–Crippen MR) is 64.9 cm³/mol. The molecule has 15 heavy (non-hydrogen) atoms. The predicted octanol–water partition coefficient (Wildman–Crippen LogP) is 2.86. The maximum atomic E-state index is 3.62. The van der Waals surface area contributed by atoms with Crippen molar-refractivity contribution in [3.63, 3.8) is 0 Å². The molecule has 2 rings (SSSR count). The van der Waals surface area contributed by atoms with E-state index in [-0.39, 0.29) is 0 Å². The van der Waals surface area contributed by atoms with Crippen LogP contribution >= 0.6 is 0 Å². The molecule has 0 radical (unpaired) electrons. The Labute approximate surface area is 92.9 Å². The lowest BCUT2D eigenvalue weighted by molar-refractivity contribution is 0.454. The molecule has 1 N–H and O–H groups in total. The van der Waals surface area contributed by atoms with Gasteiger partial charge in [0, 0.05) is 6.04 Å². The highest BCUT2D eigenvalue weighted by Crippen LogP contribution is 2.41. The highest BCUT2D eigenvalue weighted by Gasteiger charge is 2.38. The zero-order valence-corrected chi connectivity index (χ0v) is 9.74. The third kappa shape index (κ3) is 2.82. The molecule has 1 aromatic rings. The molecular formula is C14H21N. The van der Waals surface area contributed by atoms with Crippen molar-refractivity contribution >= 4 is 0 Å². The minimum absolute atomic E-state index is 0.687. The van der Waals surface area contributed by atoms with Gasteiger partial charge in [0.05, 0.1) is 0 Å². The largest absolute Gasteiger partial charge is 0.314 e. The maximum Gasteiger partial charge on any atom is 0.0138 e. The molecule has 0 aromatic heterocycles. The van der Waals surface area contributed by atoms with Gasteiger partial charge in [-0.05, 0) is 36.8 Å². The van der Waals surface area contributed by atoms with Crippen LogP contribution in [0.1, 0.15) is 25.8 Å². The van der Waals surface area contributed by atoms with Crippen LogP contribution in [0.4, 0.5) is 0 Å². The van der Waals surface area contributed by atoms with Crippen molar-refractivity contribution in [3.05, 3.63) is 35.9 Å². The van der Waals surface area contributed by atoms with E-state index >= 15 is 0 Å². The van der Waals surface area contributed by atoms with E-state index in [4.69, 9.17) is 0 Å². The molecule has 1 aliphatic rings. The van der Waals surface area contributed by atoms with Crippen molar-refractivity contribution in [2.75, 3.05) is 6.54 Å². The Morgan fingerprint density at radius 1 is 1.33 bits per heavy atom. The maximum absolute atomic E-state index is 3.62. The Kier molecular flexibility index (Phi) is 3.42. The Balaban J connectivity index is 1.95.